The van der Waals surface area contributed by atoms with Crippen LogP contribution in [-0.2, 0) is 4.79 Å². The molecule has 1 aromatic heterocycles. The van der Waals surface area contributed by atoms with Crippen LogP contribution in [0, 0.1) is 3.95 Å². The van der Waals surface area contributed by atoms with Crippen LogP contribution in [0.15, 0.2) is 71.1 Å². The van der Waals surface area contributed by atoms with Gasteiger partial charge in [-0.25, -0.2) is 4.68 Å². The van der Waals surface area contributed by atoms with Crippen molar-refractivity contribution >= 4 is 69.3 Å². The molecule has 0 aliphatic rings. The van der Waals surface area contributed by atoms with E-state index in [2.05, 4.69) is 10.4 Å². The minimum atomic E-state index is -0.0829. The van der Waals surface area contributed by atoms with Crippen LogP contribution in [0.5, 0.6) is 0 Å². The summed E-state index contributed by atoms with van der Waals surface area (Å²) in [5.74, 6) is 0.173. The number of fused-ring (bicyclic) bond motifs is 1. The third-order valence-corrected chi connectivity index (χ3v) is 6.61. The van der Waals surface area contributed by atoms with Crippen LogP contribution in [0.25, 0.3) is 16.5 Å². The maximum absolute atomic E-state index is 12.4. The minimum absolute atomic E-state index is 0.0829. The fraction of sp³-hybridized carbons (Fsp3) is 0.0500. The summed E-state index contributed by atoms with van der Waals surface area (Å²) in [5.41, 5.74) is 1.65. The van der Waals surface area contributed by atoms with E-state index in [9.17, 15) is 4.79 Å². The van der Waals surface area contributed by atoms with Crippen LogP contribution in [0.4, 0.5) is 5.69 Å². The Balaban J connectivity index is 1.44. The molecule has 28 heavy (non-hydrogen) atoms. The number of rotatable bonds is 5. The van der Waals surface area contributed by atoms with Crippen molar-refractivity contribution in [1.82, 2.24) is 9.78 Å². The number of thioether (sulfide) groups is 1. The van der Waals surface area contributed by atoms with Crippen molar-refractivity contribution in [2.45, 2.75) is 4.34 Å². The van der Waals surface area contributed by atoms with Gasteiger partial charge in [0.15, 0.2) is 8.29 Å². The predicted molar refractivity (Wildman–Crippen MR) is 121 cm³/mol. The van der Waals surface area contributed by atoms with E-state index in [0.29, 0.717) is 8.98 Å². The molecule has 0 spiro atoms. The zero-order valence-electron chi connectivity index (χ0n) is 14.5. The highest BCUT2D eigenvalue weighted by molar-refractivity contribution is 8.01. The molecule has 0 atom stereocenters. The van der Waals surface area contributed by atoms with E-state index in [0.717, 1.165) is 26.5 Å². The van der Waals surface area contributed by atoms with Crippen LogP contribution in [-0.4, -0.2) is 21.4 Å². The molecule has 0 saturated carbocycles. The second-order valence-corrected chi connectivity index (χ2v) is 9.17. The quantitative estimate of drug-likeness (QED) is 0.294. The summed E-state index contributed by atoms with van der Waals surface area (Å²) in [4.78, 5) is 12.4. The minimum Gasteiger partial charge on any atom is -0.325 e. The number of halogens is 1. The molecule has 0 radical (unpaired) electrons. The number of hydrogen-bond donors (Lipinski definition) is 1. The van der Waals surface area contributed by atoms with E-state index in [1.165, 1.54) is 23.1 Å². The molecule has 0 bridgehead atoms. The topological polar surface area (TPSA) is 46.9 Å². The Morgan fingerprint density at radius 2 is 1.86 bits per heavy atom. The summed E-state index contributed by atoms with van der Waals surface area (Å²) in [6, 6.07) is 21.1. The summed E-state index contributed by atoms with van der Waals surface area (Å²) < 4.78 is 3.05. The number of carbonyl (C=O) groups excluding carboxylic acids is 1. The Bertz CT molecular complexity index is 1200. The van der Waals surface area contributed by atoms with Crippen LogP contribution in [0.3, 0.4) is 0 Å². The molecule has 0 saturated heterocycles. The van der Waals surface area contributed by atoms with E-state index in [4.69, 9.17) is 23.8 Å². The number of hydrogen-bond acceptors (Lipinski definition) is 5. The number of anilines is 1. The monoisotopic (exact) mass is 443 g/mol. The van der Waals surface area contributed by atoms with Gasteiger partial charge in [-0.1, -0.05) is 71.1 Å². The van der Waals surface area contributed by atoms with Gasteiger partial charge in [0.25, 0.3) is 0 Å². The summed E-state index contributed by atoms with van der Waals surface area (Å²) in [6.07, 6.45) is 0. The second-order valence-electron chi connectivity index (χ2n) is 5.89. The number of benzene rings is 3. The zero-order valence-corrected chi connectivity index (χ0v) is 17.7. The molecule has 3 aromatic carbocycles. The molecule has 140 valence electrons. The fourth-order valence-corrected chi connectivity index (χ4v) is 5.00. The van der Waals surface area contributed by atoms with E-state index in [-0.39, 0.29) is 11.7 Å². The highest BCUT2D eigenvalue weighted by Crippen LogP contribution is 2.26. The summed E-state index contributed by atoms with van der Waals surface area (Å²) >= 11 is 14.1. The van der Waals surface area contributed by atoms with E-state index in [1.54, 1.807) is 16.8 Å². The summed E-state index contributed by atoms with van der Waals surface area (Å²) in [7, 11) is 0. The molecule has 4 nitrogen and oxygen atoms in total. The molecule has 1 N–H and O–H groups in total. The molecular formula is C20H14ClN3OS3. The third kappa shape index (κ3) is 4.28. The lowest BCUT2D eigenvalue weighted by Gasteiger charge is -2.08. The lowest BCUT2D eigenvalue weighted by Crippen LogP contribution is -2.14. The first-order valence-corrected chi connectivity index (χ1v) is 11.0. The van der Waals surface area contributed by atoms with Crippen LogP contribution >= 0.6 is 46.9 Å². The standard InChI is InChI=1S/C20H14ClN3OS3/c21-14-8-10-15(11-9-14)24-20(26)28-19(23-24)27-12-18(25)22-17-7-3-5-13-4-1-2-6-16(13)17/h1-11H,12H2,(H,22,25). The first-order valence-electron chi connectivity index (χ1n) is 8.37. The predicted octanol–water partition coefficient (Wildman–Crippen LogP) is 6.20. The van der Waals surface area contributed by atoms with Crippen molar-refractivity contribution in [3.8, 4) is 5.69 Å². The van der Waals surface area contributed by atoms with Gasteiger partial charge in [-0.05, 0) is 47.9 Å². The Morgan fingerprint density at radius 1 is 1.11 bits per heavy atom. The molecular weight excluding hydrogens is 430 g/mol. The maximum Gasteiger partial charge on any atom is 0.234 e. The lowest BCUT2D eigenvalue weighted by atomic mass is 10.1. The number of carbonyl (C=O) groups is 1. The Labute approximate surface area is 180 Å². The van der Waals surface area contributed by atoms with E-state index in [1.807, 2.05) is 54.6 Å². The molecule has 0 aliphatic carbocycles. The van der Waals surface area contributed by atoms with Crippen molar-refractivity contribution < 1.29 is 4.79 Å². The van der Waals surface area contributed by atoms with Gasteiger partial charge in [0.05, 0.1) is 11.4 Å². The summed E-state index contributed by atoms with van der Waals surface area (Å²) in [6.45, 7) is 0. The average molecular weight is 444 g/mol. The zero-order chi connectivity index (χ0) is 19.5. The van der Waals surface area contributed by atoms with Gasteiger partial charge in [-0.2, -0.15) is 0 Å². The van der Waals surface area contributed by atoms with Crippen molar-refractivity contribution in [3.63, 3.8) is 0 Å². The van der Waals surface area contributed by atoms with Crippen molar-refractivity contribution in [3.05, 3.63) is 75.7 Å². The van der Waals surface area contributed by atoms with Gasteiger partial charge in [0.2, 0.25) is 5.91 Å². The number of nitrogens with one attached hydrogen (secondary N) is 1. The largest absolute Gasteiger partial charge is 0.325 e. The molecule has 1 amide bonds. The third-order valence-electron chi connectivity index (χ3n) is 3.99. The average Bonchev–Trinajstić information content (AvgIpc) is 3.08. The molecule has 0 fully saturated rings. The van der Waals surface area contributed by atoms with Crippen molar-refractivity contribution in [1.29, 1.82) is 0 Å². The number of aromatic nitrogens is 2. The van der Waals surface area contributed by atoms with Gasteiger partial charge in [0, 0.05) is 16.1 Å². The summed E-state index contributed by atoms with van der Waals surface area (Å²) in [5, 5.41) is 10.3. The van der Waals surface area contributed by atoms with E-state index < -0.39 is 0 Å². The highest BCUT2D eigenvalue weighted by atomic mass is 35.5. The smallest absolute Gasteiger partial charge is 0.234 e. The van der Waals surface area contributed by atoms with Gasteiger partial charge in [-0.15, -0.1) is 5.10 Å². The van der Waals surface area contributed by atoms with Gasteiger partial charge < -0.3 is 5.32 Å². The van der Waals surface area contributed by atoms with Crippen LogP contribution < -0.4 is 5.32 Å². The first kappa shape index (κ1) is 19.1. The van der Waals surface area contributed by atoms with Gasteiger partial charge in [0.1, 0.15) is 0 Å². The molecule has 8 heteroatoms. The maximum atomic E-state index is 12.4. The number of amides is 1. The Hall–Kier alpha value is -2.19. The lowest BCUT2D eigenvalue weighted by molar-refractivity contribution is -0.113. The van der Waals surface area contributed by atoms with E-state index >= 15 is 0 Å². The fourth-order valence-electron chi connectivity index (χ4n) is 2.71. The number of nitrogens with zero attached hydrogens (tertiary/aromatic N) is 2. The Morgan fingerprint density at radius 3 is 2.68 bits per heavy atom. The van der Waals surface area contributed by atoms with Gasteiger partial charge in [-0.3, -0.25) is 4.79 Å². The van der Waals surface area contributed by atoms with Crippen LogP contribution in [0.2, 0.25) is 5.02 Å². The molecule has 4 aromatic rings. The SMILES string of the molecule is O=C(CSc1nn(-c2ccc(Cl)cc2)c(=S)s1)Nc1cccc2ccccc12. The van der Waals surface area contributed by atoms with Crippen molar-refractivity contribution in [2.75, 3.05) is 11.1 Å². The molecule has 0 unspecified atom stereocenters. The first-order chi connectivity index (χ1) is 13.6. The Kier molecular flexibility index (Phi) is 5.77. The molecule has 1 heterocycles. The second kappa shape index (κ2) is 8.45. The van der Waals surface area contributed by atoms with Crippen LogP contribution in [0.1, 0.15) is 0 Å². The normalized spacial score (nSPS) is 10.9. The highest BCUT2D eigenvalue weighted by Gasteiger charge is 2.10. The van der Waals surface area contributed by atoms with Crippen molar-refractivity contribution in [2.24, 2.45) is 0 Å². The molecule has 0 aliphatic heterocycles. The van der Waals surface area contributed by atoms with Gasteiger partial charge >= 0.3 is 0 Å². The molecule has 4 rings (SSSR count).